The van der Waals surface area contributed by atoms with Gasteiger partial charge < -0.3 is 23.3 Å². The van der Waals surface area contributed by atoms with Crippen molar-refractivity contribution < 1.29 is 18.4 Å². The maximum atomic E-state index is 10.6. The lowest BCUT2D eigenvalue weighted by atomic mass is 9.81. The molecule has 26 heavy (non-hydrogen) atoms. The van der Waals surface area contributed by atoms with Gasteiger partial charge in [-0.2, -0.15) is 0 Å². The van der Waals surface area contributed by atoms with Gasteiger partial charge in [0.15, 0.2) is 0 Å². The SMILES string of the molecule is CCO[Si](CCC1CCC(O)C(N2CCN(C)CC2)C1)(OCC)OCC. The van der Waals surface area contributed by atoms with E-state index in [1.165, 1.54) is 0 Å². The van der Waals surface area contributed by atoms with E-state index in [-0.39, 0.29) is 6.10 Å². The van der Waals surface area contributed by atoms with E-state index in [9.17, 15) is 5.11 Å². The highest BCUT2D eigenvalue weighted by atomic mass is 28.4. The first-order valence-electron chi connectivity index (χ1n) is 10.6. The Morgan fingerprint density at radius 1 is 0.923 bits per heavy atom. The Bertz CT molecular complexity index is 377. The summed E-state index contributed by atoms with van der Waals surface area (Å²) in [6.07, 6.45) is 3.99. The number of aliphatic hydroxyl groups is 1. The molecule has 3 unspecified atom stereocenters. The highest BCUT2D eigenvalue weighted by Gasteiger charge is 2.42. The first-order chi connectivity index (χ1) is 12.5. The summed E-state index contributed by atoms with van der Waals surface area (Å²) >= 11 is 0. The van der Waals surface area contributed by atoms with Gasteiger partial charge in [0.25, 0.3) is 0 Å². The van der Waals surface area contributed by atoms with Crippen molar-refractivity contribution in [3.8, 4) is 0 Å². The van der Waals surface area contributed by atoms with Crippen molar-refractivity contribution in [3.63, 3.8) is 0 Å². The topological polar surface area (TPSA) is 54.4 Å². The lowest BCUT2D eigenvalue weighted by Crippen LogP contribution is -2.54. The zero-order valence-electron chi connectivity index (χ0n) is 17.3. The zero-order chi connectivity index (χ0) is 19.0. The molecule has 0 bridgehead atoms. The van der Waals surface area contributed by atoms with E-state index >= 15 is 0 Å². The zero-order valence-corrected chi connectivity index (χ0v) is 18.3. The van der Waals surface area contributed by atoms with Crippen LogP contribution in [-0.2, 0) is 13.3 Å². The average molecular weight is 389 g/mol. The van der Waals surface area contributed by atoms with Gasteiger partial charge in [-0.05, 0) is 59.4 Å². The second kappa shape index (κ2) is 11.1. The number of likely N-dealkylation sites (N-methyl/N-ethyl adjacent to an activating group) is 1. The minimum Gasteiger partial charge on any atom is -0.391 e. The van der Waals surface area contributed by atoms with Crippen molar-refractivity contribution in [3.05, 3.63) is 0 Å². The summed E-state index contributed by atoms with van der Waals surface area (Å²) in [4.78, 5) is 4.88. The number of hydrogen-bond acceptors (Lipinski definition) is 6. The predicted molar refractivity (Wildman–Crippen MR) is 106 cm³/mol. The van der Waals surface area contributed by atoms with E-state index in [4.69, 9.17) is 13.3 Å². The number of hydrogen-bond donors (Lipinski definition) is 1. The maximum absolute atomic E-state index is 10.6. The molecule has 0 aromatic rings. The van der Waals surface area contributed by atoms with Crippen LogP contribution in [0.1, 0.15) is 46.5 Å². The molecule has 6 nitrogen and oxygen atoms in total. The molecule has 0 radical (unpaired) electrons. The molecule has 1 saturated heterocycles. The van der Waals surface area contributed by atoms with Crippen LogP contribution in [-0.4, -0.2) is 88.9 Å². The minimum atomic E-state index is -2.55. The van der Waals surface area contributed by atoms with Gasteiger partial charge in [0.05, 0.1) is 6.10 Å². The second-order valence-corrected chi connectivity index (χ2v) is 10.4. The highest BCUT2D eigenvalue weighted by Crippen LogP contribution is 2.33. The van der Waals surface area contributed by atoms with Crippen molar-refractivity contribution in [1.82, 2.24) is 9.80 Å². The Balaban J connectivity index is 1.91. The molecule has 2 aliphatic rings. The van der Waals surface area contributed by atoms with Crippen molar-refractivity contribution in [2.24, 2.45) is 5.92 Å². The Morgan fingerprint density at radius 3 is 2.04 bits per heavy atom. The quantitative estimate of drug-likeness (QED) is 0.579. The molecule has 1 aliphatic heterocycles. The largest absolute Gasteiger partial charge is 0.500 e. The van der Waals surface area contributed by atoms with Crippen molar-refractivity contribution in [2.45, 2.75) is 64.6 Å². The van der Waals surface area contributed by atoms with Crippen LogP contribution in [0, 0.1) is 5.92 Å². The van der Waals surface area contributed by atoms with Crippen LogP contribution >= 0.6 is 0 Å². The fourth-order valence-electron chi connectivity index (χ4n) is 4.41. The predicted octanol–water partition coefficient (Wildman–Crippen LogP) is 2.20. The van der Waals surface area contributed by atoms with Gasteiger partial charge in [0.1, 0.15) is 0 Å². The normalized spacial score (nSPS) is 29.2. The maximum Gasteiger partial charge on any atom is 0.500 e. The van der Waals surface area contributed by atoms with E-state index in [2.05, 4.69) is 16.8 Å². The molecule has 1 N–H and O–H groups in total. The molecule has 7 heteroatoms. The summed E-state index contributed by atoms with van der Waals surface area (Å²) in [5, 5.41) is 10.6. The van der Waals surface area contributed by atoms with Crippen LogP contribution in [0.4, 0.5) is 0 Å². The van der Waals surface area contributed by atoms with Crippen LogP contribution in [0.25, 0.3) is 0 Å². The Labute approximate surface area is 161 Å². The van der Waals surface area contributed by atoms with Gasteiger partial charge in [0, 0.05) is 58.1 Å². The lowest BCUT2D eigenvalue weighted by molar-refractivity contribution is -0.0155. The molecular weight excluding hydrogens is 348 g/mol. The molecule has 3 atom stereocenters. The number of piperazine rings is 1. The van der Waals surface area contributed by atoms with E-state index in [0.717, 1.165) is 57.9 Å². The van der Waals surface area contributed by atoms with Crippen molar-refractivity contribution >= 4 is 8.80 Å². The van der Waals surface area contributed by atoms with Crippen molar-refractivity contribution in [1.29, 1.82) is 0 Å². The molecule has 0 aromatic carbocycles. The number of rotatable bonds is 10. The molecule has 1 heterocycles. The fourth-order valence-corrected chi connectivity index (χ4v) is 7.17. The summed E-state index contributed by atoms with van der Waals surface area (Å²) < 4.78 is 18.0. The Kier molecular flexibility index (Phi) is 9.50. The summed E-state index contributed by atoms with van der Waals surface area (Å²) in [6, 6.07) is 1.20. The van der Waals surface area contributed by atoms with Gasteiger partial charge in [0.2, 0.25) is 0 Å². The van der Waals surface area contributed by atoms with Gasteiger partial charge in [-0.25, -0.2) is 0 Å². The molecule has 0 amide bonds. The highest BCUT2D eigenvalue weighted by molar-refractivity contribution is 6.60. The fraction of sp³-hybridized carbons (Fsp3) is 1.00. The number of aliphatic hydroxyl groups excluding tert-OH is 1. The average Bonchev–Trinajstić information content (AvgIpc) is 2.63. The molecule has 2 fully saturated rings. The molecule has 1 aliphatic carbocycles. The standard InChI is InChI=1S/C19H40N2O4Si/c1-5-23-26(24-6-2,25-7-3)15-10-17-8-9-19(22)18(16-17)21-13-11-20(4)12-14-21/h17-19,22H,5-16H2,1-4H3. The molecule has 0 spiro atoms. The van der Waals surface area contributed by atoms with E-state index in [1.54, 1.807) is 0 Å². The van der Waals surface area contributed by atoms with Crippen LogP contribution in [0.2, 0.25) is 6.04 Å². The smallest absolute Gasteiger partial charge is 0.391 e. The van der Waals surface area contributed by atoms with Crippen LogP contribution < -0.4 is 0 Å². The van der Waals surface area contributed by atoms with Gasteiger partial charge in [-0.15, -0.1) is 0 Å². The van der Waals surface area contributed by atoms with Gasteiger partial charge >= 0.3 is 8.80 Å². The molecule has 2 rings (SSSR count). The summed E-state index contributed by atoms with van der Waals surface area (Å²) in [7, 11) is -0.372. The van der Waals surface area contributed by atoms with E-state index < -0.39 is 8.80 Å². The molecule has 154 valence electrons. The number of nitrogens with zero attached hydrogens (tertiary/aromatic N) is 2. The molecule has 0 aromatic heterocycles. The minimum absolute atomic E-state index is 0.178. The Hall–Kier alpha value is -0.0231. The van der Waals surface area contributed by atoms with Gasteiger partial charge in [-0.3, -0.25) is 4.90 Å². The summed E-state index contributed by atoms with van der Waals surface area (Å²) in [5.41, 5.74) is 0. The lowest BCUT2D eigenvalue weighted by Gasteiger charge is -2.44. The van der Waals surface area contributed by atoms with Crippen molar-refractivity contribution in [2.75, 3.05) is 53.0 Å². The first-order valence-corrected chi connectivity index (χ1v) is 12.5. The third kappa shape index (κ3) is 6.26. The Morgan fingerprint density at radius 2 is 1.50 bits per heavy atom. The van der Waals surface area contributed by atoms with Gasteiger partial charge in [-0.1, -0.05) is 0 Å². The molecular formula is C19H40N2O4Si. The summed E-state index contributed by atoms with van der Waals surface area (Å²) in [5.74, 6) is 0.622. The van der Waals surface area contributed by atoms with E-state index in [0.29, 0.717) is 31.8 Å². The first kappa shape index (κ1) is 22.3. The third-order valence-electron chi connectivity index (χ3n) is 5.85. The monoisotopic (exact) mass is 388 g/mol. The summed E-state index contributed by atoms with van der Waals surface area (Å²) in [6.45, 7) is 12.3. The molecule has 1 saturated carbocycles. The van der Waals surface area contributed by atoms with Crippen LogP contribution in [0.15, 0.2) is 0 Å². The third-order valence-corrected chi connectivity index (χ3v) is 8.93. The van der Waals surface area contributed by atoms with E-state index in [1.807, 2.05) is 20.8 Å². The van der Waals surface area contributed by atoms with Crippen LogP contribution in [0.3, 0.4) is 0 Å². The second-order valence-electron chi connectivity index (χ2n) is 7.67. The van der Waals surface area contributed by atoms with Crippen LogP contribution in [0.5, 0.6) is 0 Å².